The SMILES string of the molecule is COC(=O)c1ccc(CN2CC(O)=C(c3nc4ccc(OC)cc4[nH]3)C2=N)cc1. The Balaban J connectivity index is 1.54. The number of hydrogen-bond donors (Lipinski definition) is 3. The Bertz CT molecular complexity index is 1130. The number of aliphatic hydroxyl groups is 1. The van der Waals surface area contributed by atoms with Gasteiger partial charge in [-0.2, -0.15) is 0 Å². The molecule has 0 fully saturated rings. The van der Waals surface area contributed by atoms with E-state index in [1.54, 1.807) is 24.1 Å². The van der Waals surface area contributed by atoms with Gasteiger partial charge in [-0.25, -0.2) is 9.78 Å². The van der Waals surface area contributed by atoms with Crippen molar-refractivity contribution in [3.05, 3.63) is 65.2 Å². The standard InChI is InChI=1S/C21H20N4O4/c1-28-14-7-8-15-16(9-14)24-20(23-15)18-17(26)11-25(19(18)22)10-12-3-5-13(6-4-12)21(27)29-2/h3-9,22,26H,10-11H2,1-2H3,(H,23,24). The summed E-state index contributed by atoms with van der Waals surface area (Å²) in [5, 5.41) is 19.0. The predicted octanol–water partition coefficient (Wildman–Crippen LogP) is 3.12. The molecular formula is C21H20N4O4. The van der Waals surface area contributed by atoms with E-state index in [0.29, 0.717) is 29.3 Å². The smallest absolute Gasteiger partial charge is 0.337 e. The molecule has 0 saturated heterocycles. The molecule has 29 heavy (non-hydrogen) atoms. The van der Waals surface area contributed by atoms with Gasteiger partial charge in [0.05, 0.1) is 42.9 Å². The minimum Gasteiger partial charge on any atom is -0.510 e. The number of H-pyrrole nitrogens is 1. The lowest BCUT2D eigenvalue weighted by atomic mass is 10.1. The van der Waals surface area contributed by atoms with Crippen LogP contribution in [0.15, 0.2) is 48.2 Å². The largest absolute Gasteiger partial charge is 0.510 e. The number of ether oxygens (including phenoxy) is 2. The summed E-state index contributed by atoms with van der Waals surface area (Å²) < 4.78 is 9.93. The van der Waals surface area contributed by atoms with E-state index >= 15 is 0 Å². The van der Waals surface area contributed by atoms with Gasteiger partial charge in [0.2, 0.25) is 0 Å². The van der Waals surface area contributed by atoms with Crippen LogP contribution in [0.1, 0.15) is 21.7 Å². The van der Waals surface area contributed by atoms with E-state index in [2.05, 4.69) is 9.97 Å². The number of fused-ring (bicyclic) bond motifs is 1. The normalized spacial score (nSPS) is 14.0. The van der Waals surface area contributed by atoms with Gasteiger partial charge >= 0.3 is 5.97 Å². The van der Waals surface area contributed by atoms with Crippen molar-refractivity contribution in [1.29, 1.82) is 5.41 Å². The first-order valence-electron chi connectivity index (χ1n) is 8.97. The molecule has 2 aromatic carbocycles. The number of nitrogens with one attached hydrogen (secondary N) is 2. The molecule has 1 aliphatic heterocycles. The van der Waals surface area contributed by atoms with Crippen molar-refractivity contribution in [1.82, 2.24) is 14.9 Å². The summed E-state index contributed by atoms with van der Waals surface area (Å²) in [6.45, 7) is 0.634. The molecular weight excluding hydrogens is 372 g/mol. The summed E-state index contributed by atoms with van der Waals surface area (Å²) >= 11 is 0. The third kappa shape index (κ3) is 3.40. The second-order valence-electron chi connectivity index (χ2n) is 6.68. The molecule has 8 heteroatoms. The van der Waals surface area contributed by atoms with Gasteiger partial charge in [-0.1, -0.05) is 12.1 Å². The van der Waals surface area contributed by atoms with Crippen LogP contribution in [0.4, 0.5) is 0 Å². The topological polar surface area (TPSA) is 112 Å². The minimum atomic E-state index is -0.395. The number of amidine groups is 1. The number of carbonyl (C=O) groups excluding carboxylic acids is 1. The minimum absolute atomic E-state index is 0.0900. The van der Waals surface area contributed by atoms with Crippen molar-refractivity contribution in [3.8, 4) is 5.75 Å². The summed E-state index contributed by atoms with van der Waals surface area (Å²) in [5.74, 6) is 1.02. The van der Waals surface area contributed by atoms with Gasteiger partial charge < -0.3 is 24.5 Å². The van der Waals surface area contributed by atoms with Gasteiger partial charge in [-0.3, -0.25) is 5.41 Å². The number of rotatable bonds is 5. The second-order valence-corrected chi connectivity index (χ2v) is 6.68. The fourth-order valence-electron chi connectivity index (χ4n) is 3.34. The molecule has 0 saturated carbocycles. The van der Waals surface area contributed by atoms with Crippen LogP contribution >= 0.6 is 0 Å². The molecule has 0 unspecified atom stereocenters. The molecule has 3 N–H and O–H groups in total. The van der Waals surface area contributed by atoms with Gasteiger partial charge in [0, 0.05) is 12.6 Å². The van der Waals surface area contributed by atoms with Gasteiger partial charge in [-0.05, 0) is 29.8 Å². The van der Waals surface area contributed by atoms with Gasteiger partial charge in [0.15, 0.2) is 0 Å². The number of aromatic nitrogens is 2. The van der Waals surface area contributed by atoms with Crippen LogP contribution in [-0.2, 0) is 11.3 Å². The van der Waals surface area contributed by atoms with Crippen molar-refractivity contribution >= 4 is 28.4 Å². The quantitative estimate of drug-likeness (QED) is 0.575. The number of esters is 1. The Hall–Kier alpha value is -3.81. The van der Waals surface area contributed by atoms with Gasteiger partial charge in [0.25, 0.3) is 0 Å². The zero-order valence-corrected chi connectivity index (χ0v) is 16.0. The molecule has 4 rings (SSSR count). The van der Waals surface area contributed by atoms with E-state index in [4.69, 9.17) is 14.9 Å². The molecule has 0 aliphatic carbocycles. The summed E-state index contributed by atoms with van der Waals surface area (Å²) in [4.78, 5) is 21.0. The van der Waals surface area contributed by atoms with E-state index < -0.39 is 5.97 Å². The summed E-state index contributed by atoms with van der Waals surface area (Å²) in [6, 6.07) is 12.4. The van der Waals surface area contributed by atoms with Crippen LogP contribution in [0.5, 0.6) is 5.75 Å². The number of methoxy groups -OCH3 is 2. The van der Waals surface area contributed by atoms with Crippen LogP contribution in [-0.4, -0.2) is 52.5 Å². The Morgan fingerprint density at radius 1 is 1.24 bits per heavy atom. The first-order chi connectivity index (χ1) is 14.0. The van der Waals surface area contributed by atoms with Gasteiger partial charge in [0.1, 0.15) is 23.2 Å². The predicted molar refractivity (Wildman–Crippen MR) is 108 cm³/mol. The Kier molecular flexibility index (Phi) is 4.67. The van der Waals surface area contributed by atoms with Crippen LogP contribution in [0.25, 0.3) is 16.6 Å². The highest BCUT2D eigenvalue weighted by Gasteiger charge is 2.30. The monoisotopic (exact) mass is 392 g/mol. The van der Waals surface area contributed by atoms with E-state index in [0.717, 1.165) is 16.6 Å². The molecule has 148 valence electrons. The molecule has 0 spiro atoms. The number of carbonyl (C=O) groups is 1. The highest BCUT2D eigenvalue weighted by atomic mass is 16.5. The van der Waals surface area contributed by atoms with Crippen molar-refractivity contribution < 1.29 is 19.4 Å². The number of nitrogens with zero attached hydrogens (tertiary/aromatic N) is 2. The highest BCUT2D eigenvalue weighted by Crippen LogP contribution is 2.29. The van der Waals surface area contributed by atoms with Crippen molar-refractivity contribution in [2.24, 2.45) is 0 Å². The fraction of sp³-hybridized carbons (Fsp3) is 0.190. The summed E-state index contributed by atoms with van der Waals surface area (Å²) in [5.41, 5.74) is 3.25. The van der Waals surface area contributed by atoms with Crippen molar-refractivity contribution in [2.45, 2.75) is 6.54 Å². The van der Waals surface area contributed by atoms with Gasteiger partial charge in [-0.15, -0.1) is 0 Å². The summed E-state index contributed by atoms with van der Waals surface area (Å²) in [7, 11) is 2.93. The molecule has 1 aromatic heterocycles. The average Bonchev–Trinajstić information content (AvgIpc) is 3.27. The van der Waals surface area contributed by atoms with E-state index in [9.17, 15) is 9.90 Å². The lowest BCUT2D eigenvalue weighted by Gasteiger charge is -2.18. The number of benzene rings is 2. The maximum atomic E-state index is 11.6. The average molecular weight is 392 g/mol. The van der Waals surface area contributed by atoms with Crippen LogP contribution in [0.3, 0.4) is 0 Å². The first-order valence-corrected chi connectivity index (χ1v) is 8.97. The second kappa shape index (κ2) is 7.31. The van der Waals surface area contributed by atoms with Crippen LogP contribution in [0.2, 0.25) is 0 Å². The Morgan fingerprint density at radius 3 is 2.69 bits per heavy atom. The van der Waals surface area contributed by atoms with E-state index in [1.807, 2.05) is 30.3 Å². The van der Waals surface area contributed by atoms with Crippen molar-refractivity contribution in [2.75, 3.05) is 20.8 Å². The number of aromatic amines is 1. The van der Waals surface area contributed by atoms with Crippen LogP contribution < -0.4 is 4.74 Å². The lowest BCUT2D eigenvalue weighted by Crippen LogP contribution is -2.26. The molecule has 3 aromatic rings. The maximum Gasteiger partial charge on any atom is 0.337 e. The summed E-state index contributed by atoms with van der Waals surface area (Å²) in [6.07, 6.45) is 0. The molecule has 0 bridgehead atoms. The fourth-order valence-corrected chi connectivity index (χ4v) is 3.34. The third-order valence-corrected chi connectivity index (χ3v) is 4.86. The zero-order chi connectivity index (χ0) is 20.5. The zero-order valence-electron chi connectivity index (χ0n) is 16.0. The molecule has 2 heterocycles. The third-order valence-electron chi connectivity index (χ3n) is 4.86. The molecule has 0 radical (unpaired) electrons. The van der Waals surface area contributed by atoms with E-state index in [-0.39, 0.29) is 18.1 Å². The number of imidazole rings is 1. The first kappa shape index (κ1) is 18.5. The molecule has 8 nitrogen and oxygen atoms in total. The molecule has 1 aliphatic rings. The van der Waals surface area contributed by atoms with Crippen molar-refractivity contribution in [3.63, 3.8) is 0 Å². The van der Waals surface area contributed by atoms with E-state index in [1.165, 1.54) is 7.11 Å². The molecule has 0 atom stereocenters. The Labute approximate surface area is 166 Å². The Morgan fingerprint density at radius 2 is 2.00 bits per heavy atom. The number of aliphatic hydroxyl groups excluding tert-OH is 1. The maximum absolute atomic E-state index is 11.6. The molecule has 0 amide bonds. The highest BCUT2D eigenvalue weighted by molar-refractivity contribution is 6.23. The lowest BCUT2D eigenvalue weighted by molar-refractivity contribution is 0.0600. The van der Waals surface area contributed by atoms with Crippen LogP contribution in [0, 0.1) is 5.41 Å². The number of hydrogen-bond acceptors (Lipinski definition) is 6.